The molecule has 1 aromatic rings. The molecule has 0 aliphatic carbocycles. The molecule has 1 saturated heterocycles. The Morgan fingerprint density at radius 2 is 2.35 bits per heavy atom. The van der Waals surface area contributed by atoms with Gasteiger partial charge in [0, 0.05) is 31.1 Å². The van der Waals surface area contributed by atoms with E-state index >= 15 is 0 Å². The molecule has 0 spiro atoms. The summed E-state index contributed by atoms with van der Waals surface area (Å²) in [5.74, 6) is 0.118. The maximum Gasteiger partial charge on any atom is 0.234 e. The molecule has 1 fully saturated rings. The van der Waals surface area contributed by atoms with Gasteiger partial charge in [0.25, 0.3) is 0 Å². The second-order valence-corrected chi connectivity index (χ2v) is 5.31. The zero-order chi connectivity index (χ0) is 12.1. The highest BCUT2D eigenvalue weighted by atomic mass is 32.1. The Balaban J connectivity index is 1.76. The Hall–Kier alpha value is -0.910. The van der Waals surface area contributed by atoms with Crippen LogP contribution in [0.4, 0.5) is 0 Å². The first-order valence-corrected chi connectivity index (χ1v) is 6.89. The monoisotopic (exact) mass is 253 g/mol. The summed E-state index contributed by atoms with van der Waals surface area (Å²) < 4.78 is 0. The third kappa shape index (κ3) is 3.80. The first kappa shape index (κ1) is 12.5. The van der Waals surface area contributed by atoms with Crippen LogP contribution >= 0.6 is 11.3 Å². The van der Waals surface area contributed by atoms with Gasteiger partial charge in [0.1, 0.15) is 0 Å². The van der Waals surface area contributed by atoms with Gasteiger partial charge in [-0.1, -0.05) is 6.07 Å². The molecular formula is C12H19N3OS. The van der Waals surface area contributed by atoms with E-state index in [1.54, 1.807) is 11.3 Å². The van der Waals surface area contributed by atoms with Gasteiger partial charge >= 0.3 is 0 Å². The van der Waals surface area contributed by atoms with E-state index in [0.717, 1.165) is 26.2 Å². The minimum absolute atomic E-state index is 0.116. The Morgan fingerprint density at radius 1 is 1.59 bits per heavy atom. The number of nitrogens with zero attached hydrogens (tertiary/aromatic N) is 1. The highest BCUT2D eigenvalue weighted by molar-refractivity contribution is 7.10. The molecule has 2 rings (SSSR count). The largest absolute Gasteiger partial charge is 0.348 e. The molecule has 2 heterocycles. The van der Waals surface area contributed by atoms with Crippen molar-refractivity contribution in [2.75, 3.05) is 32.7 Å². The van der Waals surface area contributed by atoms with Crippen LogP contribution in [0.15, 0.2) is 17.5 Å². The predicted molar refractivity (Wildman–Crippen MR) is 70.2 cm³/mol. The van der Waals surface area contributed by atoms with Crippen LogP contribution in [0, 0.1) is 0 Å². The van der Waals surface area contributed by atoms with Gasteiger partial charge in [-0.25, -0.2) is 0 Å². The van der Waals surface area contributed by atoms with Gasteiger partial charge in [0.2, 0.25) is 5.91 Å². The normalized spacial score (nSPS) is 18.9. The smallest absolute Gasteiger partial charge is 0.234 e. The standard InChI is InChI=1S/C12H19N3OS/c1-10(11-3-2-8-17-11)14-12(16)9-15-6-4-13-5-7-15/h2-3,8,10,13H,4-7,9H2,1H3,(H,14,16)/t10-/m1/s1. The van der Waals surface area contributed by atoms with Crippen molar-refractivity contribution in [1.82, 2.24) is 15.5 Å². The van der Waals surface area contributed by atoms with E-state index in [0.29, 0.717) is 6.54 Å². The number of carbonyl (C=O) groups excluding carboxylic acids is 1. The minimum Gasteiger partial charge on any atom is -0.348 e. The van der Waals surface area contributed by atoms with Gasteiger partial charge in [-0.15, -0.1) is 11.3 Å². The summed E-state index contributed by atoms with van der Waals surface area (Å²) in [6, 6.07) is 4.18. The topological polar surface area (TPSA) is 44.4 Å². The number of piperazine rings is 1. The van der Waals surface area contributed by atoms with Crippen molar-refractivity contribution in [3.63, 3.8) is 0 Å². The lowest BCUT2D eigenvalue weighted by Crippen LogP contribution is -2.47. The van der Waals surface area contributed by atoms with Gasteiger partial charge in [0.05, 0.1) is 12.6 Å². The lowest BCUT2D eigenvalue weighted by molar-refractivity contribution is -0.123. The van der Waals surface area contributed by atoms with Gasteiger partial charge < -0.3 is 10.6 Å². The Morgan fingerprint density at radius 3 is 3.00 bits per heavy atom. The van der Waals surface area contributed by atoms with Crippen LogP contribution in [0.2, 0.25) is 0 Å². The highest BCUT2D eigenvalue weighted by Crippen LogP contribution is 2.17. The van der Waals surface area contributed by atoms with E-state index in [-0.39, 0.29) is 11.9 Å². The zero-order valence-corrected chi connectivity index (χ0v) is 10.9. The maximum atomic E-state index is 11.8. The Labute approximate surface area is 106 Å². The summed E-state index contributed by atoms with van der Waals surface area (Å²) in [5.41, 5.74) is 0. The van der Waals surface area contributed by atoms with Crippen molar-refractivity contribution in [1.29, 1.82) is 0 Å². The summed E-state index contributed by atoms with van der Waals surface area (Å²) in [4.78, 5) is 15.2. The Kier molecular flexibility index (Phi) is 4.53. The van der Waals surface area contributed by atoms with Gasteiger partial charge in [-0.05, 0) is 18.4 Å². The van der Waals surface area contributed by atoms with Gasteiger partial charge in [-0.3, -0.25) is 9.69 Å². The molecule has 17 heavy (non-hydrogen) atoms. The lowest BCUT2D eigenvalue weighted by Gasteiger charge is -2.27. The van der Waals surface area contributed by atoms with Crippen molar-refractivity contribution in [3.05, 3.63) is 22.4 Å². The molecule has 94 valence electrons. The van der Waals surface area contributed by atoms with E-state index in [1.807, 2.05) is 18.4 Å². The van der Waals surface area contributed by atoms with E-state index in [4.69, 9.17) is 0 Å². The molecule has 4 nitrogen and oxygen atoms in total. The molecule has 1 aromatic heterocycles. The van der Waals surface area contributed by atoms with Crippen LogP contribution in [-0.4, -0.2) is 43.5 Å². The lowest BCUT2D eigenvalue weighted by atomic mass is 10.2. The third-order valence-corrected chi connectivity index (χ3v) is 3.98. The summed E-state index contributed by atoms with van der Waals surface area (Å²) >= 11 is 1.68. The fourth-order valence-electron chi connectivity index (χ4n) is 1.97. The molecule has 5 heteroatoms. The summed E-state index contributed by atoms with van der Waals surface area (Å²) in [5, 5.41) is 8.35. The molecule has 1 atom stereocenters. The van der Waals surface area contributed by atoms with E-state index in [9.17, 15) is 4.79 Å². The molecule has 1 amide bonds. The fraction of sp³-hybridized carbons (Fsp3) is 0.583. The Bertz CT molecular complexity index is 347. The number of hydrogen-bond acceptors (Lipinski definition) is 4. The first-order chi connectivity index (χ1) is 8.25. The number of thiophene rings is 1. The van der Waals surface area contributed by atoms with Gasteiger partial charge in [0.15, 0.2) is 0 Å². The molecule has 0 unspecified atom stereocenters. The second kappa shape index (κ2) is 6.14. The van der Waals surface area contributed by atoms with Crippen molar-refractivity contribution in [2.24, 2.45) is 0 Å². The number of rotatable bonds is 4. The van der Waals surface area contributed by atoms with E-state index < -0.39 is 0 Å². The van der Waals surface area contributed by atoms with Crippen molar-refractivity contribution in [3.8, 4) is 0 Å². The van der Waals surface area contributed by atoms with E-state index in [2.05, 4.69) is 21.6 Å². The first-order valence-electron chi connectivity index (χ1n) is 6.01. The second-order valence-electron chi connectivity index (χ2n) is 4.33. The van der Waals surface area contributed by atoms with Crippen molar-refractivity contribution in [2.45, 2.75) is 13.0 Å². The predicted octanol–water partition coefficient (Wildman–Crippen LogP) is 0.831. The average Bonchev–Trinajstić information content (AvgIpc) is 2.83. The number of carbonyl (C=O) groups is 1. The van der Waals surface area contributed by atoms with Crippen LogP contribution in [0.5, 0.6) is 0 Å². The van der Waals surface area contributed by atoms with Crippen LogP contribution < -0.4 is 10.6 Å². The summed E-state index contributed by atoms with van der Waals surface area (Å²) in [6.45, 7) is 6.42. The van der Waals surface area contributed by atoms with Crippen LogP contribution in [0.25, 0.3) is 0 Å². The van der Waals surface area contributed by atoms with Crippen molar-refractivity contribution >= 4 is 17.2 Å². The minimum atomic E-state index is 0.116. The third-order valence-electron chi connectivity index (χ3n) is 2.92. The molecule has 0 aromatic carbocycles. The van der Waals surface area contributed by atoms with Crippen LogP contribution in [0.1, 0.15) is 17.8 Å². The zero-order valence-electron chi connectivity index (χ0n) is 10.1. The average molecular weight is 253 g/mol. The van der Waals surface area contributed by atoms with E-state index in [1.165, 1.54) is 4.88 Å². The number of hydrogen-bond donors (Lipinski definition) is 2. The van der Waals surface area contributed by atoms with Crippen LogP contribution in [-0.2, 0) is 4.79 Å². The highest BCUT2D eigenvalue weighted by Gasteiger charge is 2.15. The molecule has 1 aliphatic rings. The van der Waals surface area contributed by atoms with Crippen molar-refractivity contribution < 1.29 is 4.79 Å². The molecule has 0 saturated carbocycles. The maximum absolute atomic E-state index is 11.8. The molecule has 0 radical (unpaired) electrons. The molecule has 1 aliphatic heterocycles. The number of nitrogens with one attached hydrogen (secondary N) is 2. The summed E-state index contributed by atoms with van der Waals surface area (Å²) in [7, 11) is 0. The summed E-state index contributed by atoms with van der Waals surface area (Å²) in [6.07, 6.45) is 0. The van der Waals surface area contributed by atoms with Crippen LogP contribution in [0.3, 0.4) is 0 Å². The number of amides is 1. The molecule has 2 N–H and O–H groups in total. The SMILES string of the molecule is C[C@@H](NC(=O)CN1CCNCC1)c1cccs1. The molecule has 0 bridgehead atoms. The quantitative estimate of drug-likeness (QED) is 0.835. The fourth-order valence-corrected chi connectivity index (χ4v) is 2.70. The molecular weight excluding hydrogens is 234 g/mol. The van der Waals surface area contributed by atoms with Gasteiger partial charge in [-0.2, -0.15) is 0 Å².